The summed E-state index contributed by atoms with van der Waals surface area (Å²) >= 11 is 0. The SMILES string of the molecule is Cc1ccc([C@H](C)NC(=O)/C(=C/c2ccccc2)c2ccccc2)cc1. The number of carbonyl (C=O) groups is 1. The van der Waals surface area contributed by atoms with Crippen LogP contribution in [0.2, 0.25) is 0 Å². The lowest BCUT2D eigenvalue weighted by atomic mass is 10.0. The third-order valence-corrected chi connectivity index (χ3v) is 4.36. The number of hydrogen-bond acceptors (Lipinski definition) is 1. The number of carbonyl (C=O) groups excluding carboxylic acids is 1. The van der Waals surface area contributed by atoms with Gasteiger partial charge in [-0.25, -0.2) is 0 Å². The second-order valence-corrected chi connectivity index (χ2v) is 6.44. The molecule has 1 atom stereocenters. The Balaban J connectivity index is 1.88. The zero-order valence-corrected chi connectivity index (χ0v) is 15.1. The van der Waals surface area contributed by atoms with Crippen molar-refractivity contribution in [2.24, 2.45) is 0 Å². The van der Waals surface area contributed by atoms with E-state index >= 15 is 0 Å². The fourth-order valence-electron chi connectivity index (χ4n) is 2.83. The molecule has 1 N–H and O–H groups in total. The van der Waals surface area contributed by atoms with E-state index in [1.54, 1.807) is 0 Å². The number of aryl methyl sites for hydroxylation is 1. The molecule has 0 aliphatic heterocycles. The van der Waals surface area contributed by atoms with E-state index in [2.05, 4.69) is 36.5 Å². The van der Waals surface area contributed by atoms with Gasteiger partial charge in [0, 0.05) is 5.57 Å². The molecule has 2 nitrogen and oxygen atoms in total. The normalized spacial score (nSPS) is 12.5. The summed E-state index contributed by atoms with van der Waals surface area (Å²) in [6, 6.07) is 27.9. The van der Waals surface area contributed by atoms with Crippen molar-refractivity contribution in [3.8, 4) is 0 Å². The fraction of sp³-hybridized carbons (Fsp3) is 0.125. The topological polar surface area (TPSA) is 29.1 Å². The van der Waals surface area contributed by atoms with Gasteiger partial charge in [0.05, 0.1) is 6.04 Å². The Bertz CT molecular complexity index is 881. The van der Waals surface area contributed by atoms with Crippen molar-refractivity contribution in [3.05, 3.63) is 107 Å². The van der Waals surface area contributed by atoms with Crippen LogP contribution in [0.4, 0.5) is 0 Å². The van der Waals surface area contributed by atoms with E-state index in [9.17, 15) is 4.79 Å². The number of hydrogen-bond donors (Lipinski definition) is 1. The molecule has 0 saturated heterocycles. The number of amides is 1. The molecule has 130 valence electrons. The van der Waals surface area contributed by atoms with Gasteiger partial charge in [0.25, 0.3) is 5.91 Å². The molecule has 0 radical (unpaired) electrons. The molecule has 0 bridgehead atoms. The van der Waals surface area contributed by atoms with E-state index in [0.717, 1.165) is 16.7 Å². The quantitative estimate of drug-likeness (QED) is 0.488. The Morgan fingerprint density at radius 3 is 2.04 bits per heavy atom. The lowest BCUT2D eigenvalue weighted by molar-refractivity contribution is -0.116. The van der Waals surface area contributed by atoms with Gasteiger partial charge in [-0.05, 0) is 36.6 Å². The highest BCUT2D eigenvalue weighted by molar-refractivity contribution is 6.24. The van der Waals surface area contributed by atoms with Gasteiger partial charge in [-0.1, -0.05) is 90.5 Å². The van der Waals surface area contributed by atoms with E-state index < -0.39 is 0 Å². The van der Waals surface area contributed by atoms with Gasteiger partial charge in [-0.15, -0.1) is 0 Å². The first-order valence-electron chi connectivity index (χ1n) is 8.83. The summed E-state index contributed by atoms with van der Waals surface area (Å²) in [7, 11) is 0. The molecule has 3 aromatic carbocycles. The first-order chi connectivity index (χ1) is 12.6. The van der Waals surface area contributed by atoms with Gasteiger partial charge in [0.2, 0.25) is 0 Å². The third kappa shape index (κ3) is 4.48. The van der Waals surface area contributed by atoms with Crippen LogP contribution in [0, 0.1) is 6.92 Å². The van der Waals surface area contributed by atoms with Gasteiger partial charge in [0.1, 0.15) is 0 Å². The second kappa shape index (κ2) is 8.30. The van der Waals surface area contributed by atoms with E-state index in [1.807, 2.05) is 73.7 Å². The summed E-state index contributed by atoms with van der Waals surface area (Å²) in [5.41, 5.74) is 4.88. The largest absolute Gasteiger partial charge is 0.345 e. The van der Waals surface area contributed by atoms with E-state index in [1.165, 1.54) is 5.56 Å². The van der Waals surface area contributed by atoms with E-state index in [-0.39, 0.29) is 11.9 Å². The first-order valence-corrected chi connectivity index (χ1v) is 8.83. The molecule has 2 heteroatoms. The number of nitrogens with one attached hydrogen (secondary N) is 1. The zero-order chi connectivity index (χ0) is 18.4. The van der Waals surface area contributed by atoms with Crippen LogP contribution in [0.5, 0.6) is 0 Å². The summed E-state index contributed by atoms with van der Waals surface area (Å²) < 4.78 is 0. The van der Waals surface area contributed by atoms with Crippen LogP contribution in [-0.2, 0) is 4.79 Å². The summed E-state index contributed by atoms with van der Waals surface area (Å²) in [6.45, 7) is 4.07. The smallest absolute Gasteiger partial charge is 0.252 e. The molecule has 26 heavy (non-hydrogen) atoms. The monoisotopic (exact) mass is 341 g/mol. The molecular formula is C24H23NO. The molecule has 0 unspecified atom stereocenters. The van der Waals surface area contributed by atoms with Crippen LogP contribution >= 0.6 is 0 Å². The highest BCUT2D eigenvalue weighted by atomic mass is 16.1. The van der Waals surface area contributed by atoms with Gasteiger partial charge in [0.15, 0.2) is 0 Å². The standard InChI is InChI=1S/C24H23NO/c1-18-13-15-21(16-14-18)19(2)25-24(26)23(22-11-7-4-8-12-22)17-20-9-5-3-6-10-20/h3-17,19H,1-2H3,(H,25,26)/b23-17+/t19-/m0/s1. The first kappa shape index (κ1) is 17.7. The van der Waals surface area contributed by atoms with Crippen LogP contribution < -0.4 is 5.32 Å². The van der Waals surface area contributed by atoms with Crippen LogP contribution in [-0.4, -0.2) is 5.91 Å². The summed E-state index contributed by atoms with van der Waals surface area (Å²) in [5, 5.41) is 3.13. The summed E-state index contributed by atoms with van der Waals surface area (Å²) in [5.74, 6) is -0.0758. The lowest BCUT2D eigenvalue weighted by Gasteiger charge is -2.16. The Labute approximate surface area is 155 Å². The molecule has 0 aromatic heterocycles. The zero-order valence-electron chi connectivity index (χ0n) is 15.1. The maximum absolute atomic E-state index is 13.0. The Morgan fingerprint density at radius 2 is 1.42 bits per heavy atom. The minimum absolute atomic E-state index is 0.0639. The van der Waals surface area contributed by atoms with Crippen molar-refractivity contribution in [2.75, 3.05) is 0 Å². The van der Waals surface area contributed by atoms with Crippen LogP contribution in [0.15, 0.2) is 84.9 Å². The molecule has 0 fully saturated rings. The van der Waals surface area contributed by atoms with Crippen molar-refractivity contribution in [2.45, 2.75) is 19.9 Å². The summed E-state index contributed by atoms with van der Waals surface area (Å²) in [6.07, 6.45) is 1.94. The third-order valence-electron chi connectivity index (χ3n) is 4.36. The van der Waals surface area contributed by atoms with Crippen molar-refractivity contribution in [1.29, 1.82) is 0 Å². The van der Waals surface area contributed by atoms with Gasteiger partial charge in [-0.3, -0.25) is 4.79 Å². The van der Waals surface area contributed by atoms with Crippen LogP contribution in [0.25, 0.3) is 11.6 Å². The maximum Gasteiger partial charge on any atom is 0.252 e. The predicted octanol–water partition coefficient (Wildman–Crippen LogP) is 5.41. The molecule has 0 saturated carbocycles. The lowest BCUT2D eigenvalue weighted by Crippen LogP contribution is -2.27. The van der Waals surface area contributed by atoms with Gasteiger partial charge < -0.3 is 5.32 Å². The minimum Gasteiger partial charge on any atom is -0.345 e. The molecule has 3 rings (SSSR count). The number of rotatable bonds is 5. The minimum atomic E-state index is -0.0758. The highest BCUT2D eigenvalue weighted by Gasteiger charge is 2.15. The molecule has 1 amide bonds. The number of benzene rings is 3. The Kier molecular flexibility index (Phi) is 5.65. The second-order valence-electron chi connectivity index (χ2n) is 6.44. The van der Waals surface area contributed by atoms with Crippen LogP contribution in [0.1, 0.15) is 35.2 Å². The highest BCUT2D eigenvalue weighted by Crippen LogP contribution is 2.21. The average Bonchev–Trinajstić information content (AvgIpc) is 2.68. The molecule has 0 aliphatic rings. The average molecular weight is 341 g/mol. The van der Waals surface area contributed by atoms with Crippen LogP contribution in [0.3, 0.4) is 0 Å². The van der Waals surface area contributed by atoms with Gasteiger partial charge in [-0.2, -0.15) is 0 Å². The Hall–Kier alpha value is -3.13. The molecule has 3 aromatic rings. The fourth-order valence-corrected chi connectivity index (χ4v) is 2.83. The van der Waals surface area contributed by atoms with Gasteiger partial charge >= 0.3 is 0 Å². The summed E-state index contributed by atoms with van der Waals surface area (Å²) in [4.78, 5) is 13.0. The van der Waals surface area contributed by atoms with Crippen molar-refractivity contribution in [3.63, 3.8) is 0 Å². The maximum atomic E-state index is 13.0. The molecule has 0 heterocycles. The molecule has 0 spiro atoms. The van der Waals surface area contributed by atoms with Crippen molar-refractivity contribution < 1.29 is 4.79 Å². The van der Waals surface area contributed by atoms with Crippen molar-refractivity contribution in [1.82, 2.24) is 5.32 Å². The van der Waals surface area contributed by atoms with Crippen molar-refractivity contribution >= 4 is 17.6 Å². The molecule has 0 aliphatic carbocycles. The molecular weight excluding hydrogens is 318 g/mol. The predicted molar refractivity (Wildman–Crippen MR) is 108 cm³/mol. The van der Waals surface area contributed by atoms with E-state index in [4.69, 9.17) is 0 Å². The van der Waals surface area contributed by atoms with E-state index in [0.29, 0.717) is 5.57 Å². The Morgan fingerprint density at radius 1 is 0.846 bits per heavy atom.